The van der Waals surface area contributed by atoms with E-state index in [1.54, 1.807) is 0 Å². The Balaban J connectivity index is 1.69. The molecule has 114 valence electrons. The second-order valence-corrected chi connectivity index (χ2v) is 5.94. The maximum Gasteiger partial charge on any atom is 0.238 e. The third-order valence-electron chi connectivity index (χ3n) is 2.90. The monoisotopic (exact) mass is 377 g/mol. The van der Waals surface area contributed by atoms with Gasteiger partial charge < -0.3 is 5.32 Å². The van der Waals surface area contributed by atoms with Crippen LogP contribution < -0.4 is 16.2 Å². The molecule has 0 spiro atoms. The molecule has 6 heteroatoms. The van der Waals surface area contributed by atoms with Gasteiger partial charge in [0.15, 0.2) is 5.11 Å². The lowest BCUT2D eigenvalue weighted by molar-refractivity contribution is -0.121. The van der Waals surface area contributed by atoms with Crippen LogP contribution in [0.1, 0.15) is 12.0 Å². The maximum atomic E-state index is 11.8. The first-order valence-electron chi connectivity index (χ1n) is 6.79. The van der Waals surface area contributed by atoms with Crippen LogP contribution >= 0.6 is 28.1 Å². The van der Waals surface area contributed by atoms with E-state index in [1.165, 1.54) is 0 Å². The van der Waals surface area contributed by atoms with Crippen LogP contribution in [0.3, 0.4) is 0 Å². The standard InChI is InChI=1S/C16H16BrN3OS/c17-13-7-9-14(10-8-13)18-16(22)20-19-15(21)11-6-12-4-2-1-3-5-12/h1-5,7-10H,6,11H2,(H,19,21)(H2,18,20,22). The van der Waals surface area contributed by atoms with E-state index in [1.807, 2.05) is 54.6 Å². The minimum Gasteiger partial charge on any atom is -0.331 e. The first kappa shape index (κ1) is 16.5. The minimum absolute atomic E-state index is 0.108. The highest BCUT2D eigenvalue weighted by molar-refractivity contribution is 9.10. The number of hydrogen-bond donors (Lipinski definition) is 3. The van der Waals surface area contributed by atoms with E-state index in [9.17, 15) is 4.79 Å². The normalized spacial score (nSPS) is 9.86. The van der Waals surface area contributed by atoms with Gasteiger partial charge in [-0.05, 0) is 48.5 Å². The zero-order chi connectivity index (χ0) is 15.8. The van der Waals surface area contributed by atoms with Crippen molar-refractivity contribution in [3.05, 3.63) is 64.6 Å². The second kappa shape index (κ2) is 8.51. The maximum absolute atomic E-state index is 11.8. The molecule has 0 aliphatic heterocycles. The van der Waals surface area contributed by atoms with E-state index < -0.39 is 0 Å². The van der Waals surface area contributed by atoms with Crippen LogP contribution in [-0.2, 0) is 11.2 Å². The van der Waals surface area contributed by atoms with Crippen molar-refractivity contribution >= 4 is 44.9 Å². The number of aryl methyl sites for hydroxylation is 1. The van der Waals surface area contributed by atoms with E-state index >= 15 is 0 Å². The summed E-state index contributed by atoms with van der Waals surface area (Å²) in [7, 11) is 0. The highest BCUT2D eigenvalue weighted by atomic mass is 79.9. The number of nitrogens with one attached hydrogen (secondary N) is 3. The zero-order valence-electron chi connectivity index (χ0n) is 11.8. The van der Waals surface area contributed by atoms with Gasteiger partial charge in [0.25, 0.3) is 0 Å². The van der Waals surface area contributed by atoms with Crippen molar-refractivity contribution in [3.8, 4) is 0 Å². The summed E-state index contributed by atoms with van der Waals surface area (Å²) in [6.07, 6.45) is 1.10. The molecule has 0 aliphatic rings. The molecule has 4 nitrogen and oxygen atoms in total. The van der Waals surface area contributed by atoms with E-state index in [0.717, 1.165) is 15.7 Å². The predicted molar refractivity (Wildman–Crippen MR) is 96.4 cm³/mol. The van der Waals surface area contributed by atoms with Crippen molar-refractivity contribution < 1.29 is 4.79 Å². The molecule has 0 unspecified atom stereocenters. The molecule has 2 aromatic rings. The summed E-state index contributed by atoms with van der Waals surface area (Å²) in [5, 5.41) is 3.33. The number of carbonyl (C=O) groups excluding carboxylic acids is 1. The van der Waals surface area contributed by atoms with Crippen molar-refractivity contribution in [2.45, 2.75) is 12.8 Å². The van der Waals surface area contributed by atoms with Crippen molar-refractivity contribution in [1.82, 2.24) is 10.9 Å². The zero-order valence-corrected chi connectivity index (χ0v) is 14.2. The van der Waals surface area contributed by atoms with Crippen LogP contribution in [-0.4, -0.2) is 11.0 Å². The van der Waals surface area contributed by atoms with Crippen molar-refractivity contribution in [3.63, 3.8) is 0 Å². The number of rotatable bonds is 4. The molecule has 2 aromatic carbocycles. The number of hydrazine groups is 1. The topological polar surface area (TPSA) is 53.2 Å². The SMILES string of the molecule is O=C(CCc1ccccc1)NNC(=S)Nc1ccc(Br)cc1. The van der Waals surface area contributed by atoms with Gasteiger partial charge in [-0.25, -0.2) is 0 Å². The van der Waals surface area contributed by atoms with Crippen molar-refractivity contribution in [1.29, 1.82) is 0 Å². The summed E-state index contributed by atoms with van der Waals surface area (Å²) in [6.45, 7) is 0. The fourth-order valence-electron chi connectivity index (χ4n) is 1.79. The van der Waals surface area contributed by atoms with Gasteiger partial charge in [-0.15, -0.1) is 0 Å². The Hall–Kier alpha value is -1.92. The Morgan fingerprint density at radius 1 is 1.00 bits per heavy atom. The van der Waals surface area contributed by atoms with Gasteiger partial charge in [0.2, 0.25) is 5.91 Å². The van der Waals surface area contributed by atoms with E-state index in [4.69, 9.17) is 12.2 Å². The lowest BCUT2D eigenvalue weighted by Gasteiger charge is -2.11. The fraction of sp³-hybridized carbons (Fsp3) is 0.125. The molecular weight excluding hydrogens is 362 g/mol. The number of carbonyl (C=O) groups is 1. The van der Waals surface area contributed by atoms with Gasteiger partial charge in [-0.2, -0.15) is 0 Å². The molecular formula is C16H16BrN3OS. The van der Waals surface area contributed by atoms with Gasteiger partial charge in [-0.3, -0.25) is 15.6 Å². The molecule has 22 heavy (non-hydrogen) atoms. The first-order chi connectivity index (χ1) is 10.6. The fourth-order valence-corrected chi connectivity index (χ4v) is 2.22. The number of benzene rings is 2. The Labute approximate surface area is 143 Å². The third kappa shape index (κ3) is 5.83. The number of thiocarbonyl (C=S) groups is 1. The summed E-state index contributed by atoms with van der Waals surface area (Å²) in [5.41, 5.74) is 7.25. The molecule has 0 bridgehead atoms. The van der Waals surface area contributed by atoms with Gasteiger partial charge >= 0.3 is 0 Å². The van der Waals surface area contributed by atoms with E-state index in [0.29, 0.717) is 18.0 Å². The molecule has 0 saturated heterocycles. The van der Waals surface area contributed by atoms with Crippen molar-refractivity contribution in [2.24, 2.45) is 0 Å². The van der Waals surface area contributed by atoms with Crippen LogP contribution in [0.2, 0.25) is 0 Å². The molecule has 0 aliphatic carbocycles. The smallest absolute Gasteiger partial charge is 0.238 e. The quantitative estimate of drug-likeness (QED) is 0.564. The molecule has 3 N–H and O–H groups in total. The molecule has 2 rings (SSSR count). The number of halogens is 1. The van der Waals surface area contributed by atoms with Crippen LogP contribution in [0.5, 0.6) is 0 Å². The number of anilines is 1. The highest BCUT2D eigenvalue weighted by Crippen LogP contribution is 2.13. The summed E-state index contributed by atoms with van der Waals surface area (Å²) in [6, 6.07) is 17.5. The van der Waals surface area contributed by atoms with Crippen LogP contribution in [0.15, 0.2) is 59.1 Å². The van der Waals surface area contributed by atoms with Crippen LogP contribution in [0.4, 0.5) is 5.69 Å². The average molecular weight is 378 g/mol. The molecule has 1 amide bonds. The van der Waals surface area contributed by atoms with E-state index in [2.05, 4.69) is 32.1 Å². The molecule has 0 saturated carbocycles. The predicted octanol–water partition coefficient (Wildman–Crippen LogP) is 3.40. The number of hydrogen-bond acceptors (Lipinski definition) is 2. The Morgan fingerprint density at radius 3 is 2.36 bits per heavy atom. The van der Waals surface area contributed by atoms with Gasteiger partial charge in [0.1, 0.15) is 0 Å². The lowest BCUT2D eigenvalue weighted by Crippen LogP contribution is -2.43. The number of amides is 1. The molecule has 0 aromatic heterocycles. The van der Waals surface area contributed by atoms with Crippen molar-refractivity contribution in [2.75, 3.05) is 5.32 Å². The molecule has 0 fully saturated rings. The lowest BCUT2D eigenvalue weighted by atomic mass is 10.1. The molecule has 0 heterocycles. The average Bonchev–Trinajstić information content (AvgIpc) is 2.54. The summed E-state index contributed by atoms with van der Waals surface area (Å²) >= 11 is 8.48. The Kier molecular flexibility index (Phi) is 6.36. The highest BCUT2D eigenvalue weighted by Gasteiger charge is 2.03. The van der Waals surface area contributed by atoms with E-state index in [-0.39, 0.29) is 5.91 Å². The minimum atomic E-state index is -0.108. The summed E-state index contributed by atoms with van der Waals surface area (Å²) < 4.78 is 0.992. The molecule has 0 radical (unpaired) electrons. The largest absolute Gasteiger partial charge is 0.331 e. The van der Waals surface area contributed by atoms with Crippen LogP contribution in [0, 0.1) is 0 Å². The summed E-state index contributed by atoms with van der Waals surface area (Å²) in [5.74, 6) is -0.108. The van der Waals surface area contributed by atoms with Gasteiger partial charge in [0, 0.05) is 16.6 Å². The summed E-state index contributed by atoms with van der Waals surface area (Å²) in [4.78, 5) is 11.8. The van der Waals surface area contributed by atoms with Gasteiger partial charge in [-0.1, -0.05) is 46.3 Å². The second-order valence-electron chi connectivity index (χ2n) is 4.62. The molecule has 0 atom stereocenters. The van der Waals surface area contributed by atoms with Crippen LogP contribution in [0.25, 0.3) is 0 Å². The third-order valence-corrected chi connectivity index (χ3v) is 3.63. The Morgan fingerprint density at radius 2 is 1.68 bits per heavy atom. The first-order valence-corrected chi connectivity index (χ1v) is 7.99. The Bertz CT molecular complexity index is 632. The van der Waals surface area contributed by atoms with Gasteiger partial charge in [0.05, 0.1) is 0 Å².